The first kappa shape index (κ1) is 14.0. The molecule has 0 amide bonds. The molecule has 1 aromatic carbocycles. The highest BCUT2D eigenvalue weighted by atomic mass is 16.7. The smallest absolute Gasteiger partial charge is 0.231 e. The third-order valence-corrected chi connectivity index (χ3v) is 4.08. The summed E-state index contributed by atoms with van der Waals surface area (Å²) >= 11 is 0. The van der Waals surface area contributed by atoms with Crippen molar-refractivity contribution in [2.45, 2.75) is 44.6 Å². The Balaban J connectivity index is 1.47. The van der Waals surface area contributed by atoms with Crippen LogP contribution in [-0.2, 0) is 6.42 Å². The average molecular weight is 289 g/mol. The van der Waals surface area contributed by atoms with Gasteiger partial charge in [-0.3, -0.25) is 4.99 Å². The van der Waals surface area contributed by atoms with Crippen LogP contribution in [0.2, 0.25) is 0 Å². The van der Waals surface area contributed by atoms with Gasteiger partial charge < -0.3 is 20.5 Å². The van der Waals surface area contributed by atoms with E-state index in [9.17, 15) is 0 Å². The topological polar surface area (TPSA) is 68.9 Å². The molecule has 1 saturated carbocycles. The van der Waals surface area contributed by atoms with Crippen molar-refractivity contribution in [2.24, 2.45) is 10.7 Å². The third-order valence-electron chi connectivity index (χ3n) is 4.08. The molecule has 3 rings (SSSR count). The van der Waals surface area contributed by atoms with E-state index in [1.54, 1.807) is 0 Å². The second kappa shape index (κ2) is 6.70. The molecule has 1 aliphatic heterocycles. The highest BCUT2D eigenvalue weighted by molar-refractivity contribution is 5.78. The van der Waals surface area contributed by atoms with Crippen LogP contribution in [0, 0.1) is 0 Å². The molecule has 0 bridgehead atoms. The zero-order valence-electron chi connectivity index (χ0n) is 12.3. The van der Waals surface area contributed by atoms with Crippen molar-refractivity contribution in [1.82, 2.24) is 5.32 Å². The van der Waals surface area contributed by atoms with Crippen LogP contribution in [0.5, 0.6) is 11.5 Å². The number of nitrogens with zero attached hydrogens (tertiary/aromatic N) is 1. The molecule has 5 nitrogen and oxygen atoms in total. The lowest BCUT2D eigenvalue weighted by atomic mass is 9.96. The molecule has 1 aliphatic carbocycles. The summed E-state index contributed by atoms with van der Waals surface area (Å²) in [6.45, 7) is 1.00. The van der Waals surface area contributed by atoms with Gasteiger partial charge in [0, 0.05) is 12.6 Å². The number of ether oxygens (including phenoxy) is 2. The van der Waals surface area contributed by atoms with E-state index in [4.69, 9.17) is 15.2 Å². The maximum atomic E-state index is 5.95. The van der Waals surface area contributed by atoms with Crippen LogP contribution in [0.4, 0.5) is 0 Å². The highest BCUT2D eigenvalue weighted by Gasteiger charge is 2.14. The molecule has 0 saturated heterocycles. The number of aliphatic imine (C=N–C) groups is 1. The molecule has 0 radical (unpaired) electrons. The number of guanidine groups is 1. The predicted molar refractivity (Wildman–Crippen MR) is 82.8 cm³/mol. The van der Waals surface area contributed by atoms with Gasteiger partial charge in [-0.25, -0.2) is 0 Å². The number of rotatable bonds is 4. The van der Waals surface area contributed by atoms with Crippen LogP contribution in [0.1, 0.15) is 37.7 Å². The number of nitrogens with one attached hydrogen (secondary N) is 1. The van der Waals surface area contributed by atoms with Crippen LogP contribution >= 0.6 is 0 Å². The first-order valence-corrected chi connectivity index (χ1v) is 7.76. The molecular formula is C16H23N3O2. The summed E-state index contributed by atoms with van der Waals surface area (Å²) in [5, 5.41) is 3.33. The quantitative estimate of drug-likeness (QED) is 0.658. The average Bonchev–Trinajstić information content (AvgIpc) is 2.96. The second-order valence-electron chi connectivity index (χ2n) is 5.68. The lowest BCUT2D eigenvalue weighted by Gasteiger charge is -2.23. The van der Waals surface area contributed by atoms with Crippen molar-refractivity contribution in [3.8, 4) is 11.5 Å². The zero-order valence-corrected chi connectivity index (χ0v) is 12.3. The molecule has 0 aromatic heterocycles. The molecule has 0 atom stereocenters. The van der Waals surface area contributed by atoms with E-state index in [2.05, 4.69) is 10.3 Å². The molecule has 5 heteroatoms. The summed E-state index contributed by atoms with van der Waals surface area (Å²) in [4.78, 5) is 4.42. The fourth-order valence-electron chi connectivity index (χ4n) is 2.90. The van der Waals surface area contributed by atoms with Crippen LogP contribution in [0.25, 0.3) is 0 Å². The van der Waals surface area contributed by atoms with Gasteiger partial charge in [-0.1, -0.05) is 25.3 Å². The SMILES string of the molecule is NC(=NCCc1ccc2c(c1)OCO2)NC1CCCCC1. The van der Waals surface area contributed by atoms with E-state index in [1.165, 1.54) is 37.7 Å². The van der Waals surface area contributed by atoms with Crippen molar-refractivity contribution in [3.63, 3.8) is 0 Å². The van der Waals surface area contributed by atoms with Gasteiger partial charge in [0.25, 0.3) is 0 Å². The summed E-state index contributed by atoms with van der Waals surface area (Å²) in [6.07, 6.45) is 7.20. The fraction of sp³-hybridized carbons (Fsp3) is 0.562. The number of benzene rings is 1. The van der Waals surface area contributed by atoms with Gasteiger partial charge >= 0.3 is 0 Å². The summed E-state index contributed by atoms with van der Waals surface area (Å²) < 4.78 is 10.7. The fourth-order valence-corrected chi connectivity index (χ4v) is 2.90. The Morgan fingerprint density at radius 3 is 2.86 bits per heavy atom. The molecule has 114 valence electrons. The van der Waals surface area contributed by atoms with Gasteiger partial charge in [-0.2, -0.15) is 0 Å². The molecule has 3 N–H and O–H groups in total. The van der Waals surface area contributed by atoms with E-state index in [-0.39, 0.29) is 0 Å². The molecule has 1 aromatic rings. The van der Waals surface area contributed by atoms with E-state index in [1.807, 2.05) is 18.2 Å². The first-order chi connectivity index (χ1) is 10.3. The Morgan fingerprint density at radius 1 is 1.19 bits per heavy atom. The largest absolute Gasteiger partial charge is 0.454 e. The molecule has 0 spiro atoms. The Morgan fingerprint density at radius 2 is 2.00 bits per heavy atom. The molecule has 21 heavy (non-hydrogen) atoms. The minimum absolute atomic E-state index is 0.315. The van der Waals surface area contributed by atoms with Crippen molar-refractivity contribution in [2.75, 3.05) is 13.3 Å². The van der Waals surface area contributed by atoms with Crippen molar-refractivity contribution in [3.05, 3.63) is 23.8 Å². The van der Waals surface area contributed by atoms with Crippen LogP contribution < -0.4 is 20.5 Å². The van der Waals surface area contributed by atoms with Gasteiger partial charge in [0.1, 0.15) is 0 Å². The maximum Gasteiger partial charge on any atom is 0.231 e. The minimum Gasteiger partial charge on any atom is -0.454 e. The monoisotopic (exact) mass is 289 g/mol. The third kappa shape index (κ3) is 3.80. The van der Waals surface area contributed by atoms with Gasteiger partial charge in [0.05, 0.1) is 0 Å². The van der Waals surface area contributed by atoms with Crippen LogP contribution in [0.15, 0.2) is 23.2 Å². The Kier molecular flexibility index (Phi) is 4.48. The number of nitrogens with two attached hydrogens (primary N) is 1. The summed E-state index contributed by atoms with van der Waals surface area (Å²) in [5.41, 5.74) is 7.14. The number of hydrogen-bond acceptors (Lipinski definition) is 3. The van der Waals surface area contributed by atoms with Crippen molar-refractivity contribution < 1.29 is 9.47 Å². The summed E-state index contributed by atoms with van der Waals surface area (Å²) in [7, 11) is 0. The van der Waals surface area contributed by atoms with Crippen LogP contribution in [0.3, 0.4) is 0 Å². The lowest BCUT2D eigenvalue weighted by Crippen LogP contribution is -2.41. The van der Waals surface area contributed by atoms with E-state index in [0.29, 0.717) is 25.3 Å². The molecular weight excluding hydrogens is 266 g/mol. The Hall–Kier alpha value is -1.91. The van der Waals surface area contributed by atoms with Crippen LogP contribution in [-0.4, -0.2) is 25.3 Å². The predicted octanol–water partition coefficient (Wildman–Crippen LogP) is 2.19. The van der Waals surface area contributed by atoms with Gasteiger partial charge in [0.15, 0.2) is 17.5 Å². The molecule has 2 aliphatic rings. The van der Waals surface area contributed by atoms with Gasteiger partial charge in [-0.15, -0.1) is 0 Å². The van der Waals surface area contributed by atoms with Crippen molar-refractivity contribution in [1.29, 1.82) is 0 Å². The standard InChI is InChI=1S/C16H23N3O2/c17-16(19-13-4-2-1-3-5-13)18-9-8-12-6-7-14-15(10-12)21-11-20-14/h6-7,10,13H,1-5,8-9,11H2,(H3,17,18,19). The van der Waals surface area contributed by atoms with E-state index in [0.717, 1.165) is 17.9 Å². The molecule has 0 unspecified atom stereocenters. The normalized spacial score (nSPS) is 18.8. The second-order valence-corrected chi connectivity index (χ2v) is 5.68. The number of fused-ring (bicyclic) bond motifs is 1. The zero-order chi connectivity index (χ0) is 14.5. The first-order valence-electron chi connectivity index (χ1n) is 7.76. The maximum absolute atomic E-state index is 5.95. The molecule has 1 fully saturated rings. The Bertz CT molecular complexity index is 510. The summed E-state index contributed by atoms with van der Waals surface area (Å²) in [5.74, 6) is 2.22. The minimum atomic E-state index is 0.315. The summed E-state index contributed by atoms with van der Waals surface area (Å²) in [6, 6.07) is 6.52. The van der Waals surface area contributed by atoms with E-state index >= 15 is 0 Å². The van der Waals surface area contributed by atoms with Gasteiger partial charge in [-0.05, 0) is 37.0 Å². The number of hydrogen-bond donors (Lipinski definition) is 2. The highest BCUT2D eigenvalue weighted by Crippen LogP contribution is 2.32. The van der Waals surface area contributed by atoms with Gasteiger partial charge in [0.2, 0.25) is 6.79 Å². The van der Waals surface area contributed by atoms with Crippen molar-refractivity contribution >= 4 is 5.96 Å². The lowest BCUT2D eigenvalue weighted by molar-refractivity contribution is 0.174. The Labute approximate surface area is 125 Å². The van der Waals surface area contributed by atoms with E-state index < -0.39 is 0 Å². The molecule has 1 heterocycles.